The number of nitrogens with two attached hydrogens (primary N) is 1. The predicted octanol–water partition coefficient (Wildman–Crippen LogP) is 1.98. The molecule has 0 radical (unpaired) electrons. The van der Waals surface area contributed by atoms with Gasteiger partial charge in [0.2, 0.25) is 11.8 Å². The quantitative estimate of drug-likeness (QED) is 0.734. The summed E-state index contributed by atoms with van der Waals surface area (Å²) >= 11 is 11.8. The van der Waals surface area contributed by atoms with Crippen LogP contribution < -0.4 is 16.4 Å². The van der Waals surface area contributed by atoms with E-state index >= 15 is 0 Å². The van der Waals surface area contributed by atoms with E-state index in [1.807, 2.05) is 10.2 Å². The monoisotopic (exact) mass is 372 g/mol. The Morgan fingerprint density at radius 3 is 2.50 bits per heavy atom. The summed E-state index contributed by atoms with van der Waals surface area (Å²) in [6.45, 7) is 1.08. The second-order valence-corrected chi connectivity index (χ2v) is 6.38. The van der Waals surface area contributed by atoms with Crippen LogP contribution in [0.4, 0.5) is 10.5 Å². The van der Waals surface area contributed by atoms with Crippen LogP contribution in [-0.4, -0.2) is 41.9 Å². The second-order valence-electron chi connectivity index (χ2n) is 5.50. The van der Waals surface area contributed by atoms with Crippen LogP contribution in [0.1, 0.15) is 19.3 Å². The van der Waals surface area contributed by atoms with E-state index < -0.39 is 11.9 Å². The average molecular weight is 373 g/mol. The topological polar surface area (TPSA) is 105 Å². The molecule has 130 valence electrons. The van der Waals surface area contributed by atoms with Gasteiger partial charge in [-0.1, -0.05) is 23.2 Å². The third-order valence-electron chi connectivity index (χ3n) is 3.69. The first kappa shape index (κ1) is 18.5. The molecule has 1 fully saturated rings. The molecule has 1 aromatic carbocycles. The molecule has 4 amide bonds. The molecule has 1 saturated heterocycles. The normalized spacial score (nSPS) is 17.5. The lowest BCUT2D eigenvalue weighted by Crippen LogP contribution is -2.42. The summed E-state index contributed by atoms with van der Waals surface area (Å²) in [6, 6.07) is 3.59. The van der Waals surface area contributed by atoms with Crippen LogP contribution in [0.2, 0.25) is 10.0 Å². The highest BCUT2D eigenvalue weighted by atomic mass is 35.5. The van der Waals surface area contributed by atoms with Crippen LogP contribution in [-0.2, 0) is 9.59 Å². The Morgan fingerprint density at radius 1 is 1.21 bits per heavy atom. The average Bonchev–Trinajstić information content (AvgIpc) is 2.91. The molecule has 0 spiro atoms. The minimum atomic E-state index is -0.881. The van der Waals surface area contributed by atoms with Crippen LogP contribution >= 0.6 is 23.2 Å². The maximum atomic E-state index is 12.5. The molecule has 1 aliphatic heterocycles. The third kappa shape index (κ3) is 5.36. The molecule has 1 atom stereocenters. The van der Waals surface area contributed by atoms with Crippen molar-refractivity contribution in [2.24, 2.45) is 5.73 Å². The Labute approximate surface area is 149 Å². The number of carbonyl (C=O) groups is 3. The highest BCUT2D eigenvalue weighted by Crippen LogP contribution is 2.24. The fraction of sp³-hybridized carbons (Fsp3) is 0.400. The lowest BCUT2D eigenvalue weighted by molar-refractivity contribution is -0.123. The largest absolute Gasteiger partial charge is 0.351 e. The van der Waals surface area contributed by atoms with Gasteiger partial charge in [0, 0.05) is 28.7 Å². The number of benzene rings is 1. The van der Waals surface area contributed by atoms with Gasteiger partial charge in [-0.3, -0.25) is 19.8 Å². The molecule has 0 bridgehead atoms. The van der Waals surface area contributed by atoms with Crippen molar-refractivity contribution in [2.45, 2.75) is 25.3 Å². The van der Waals surface area contributed by atoms with Crippen molar-refractivity contribution < 1.29 is 14.4 Å². The minimum Gasteiger partial charge on any atom is -0.351 e. The summed E-state index contributed by atoms with van der Waals surface area (Å²) in [7, 11) is 0. The van der Waals surface area contributed by atoms with E-state index in [9.17, 15) is 14.4 Å². The van der Waals surface area contributed by atoms with Gasteiger partial charge in [-0.15, -0.1) is 0 Å². The van der Waals surface area contributed by atoms with E-state index in [-0.39, 0.29) is 18.4 Å². The first-order valence-electron chi connectivity index (χ1n) is 7.45. The summed E-state index contributed by atoms with van der Waals surface area (Å²) in [6.07, 6.45) is 1.64. The van der Waals surface area contributed by atoms with Crippen LogP contribution in [0.15, 0.2) is 18.2 Å². The lowest BCUT2D eigenvalue weighted by atomic mass is 10.2. The summed E-state index contributed by atoms with van der Waals surface area (Å²) < 4.78 is 0. The summed E-state index contributed by atoms with van der Waals surface area (Å²) in [5.74, 6) is -0.642. The van der Waals surface area contributed by atoms with Gasteiger partial charge in [0.1, 0.15) is 0 Å². The van der Waals surface area contributed by atoms with Gasteiger partial charge in [0.05, 0.1) is 6.04 Å². The number of hydrogen-bond donors (Lipinski definition) is 3. The zero-order valence-corrected chi connectivity index (χ0v) is 14.4. The number of imide groups is 1. The fourth-order valence-electron chi connectivity index (χ4n) is 2.69. The van der Waals surface area contributed by atoms with Crippen molar-refractivity contribution in [3.63, 3.8) is 0 Å². The van der Waals surface area contributed by atoms with Crippen molar-refractivity contribution in [3.8, 4) is 0 Å². The van der Waals surface area contributed by atoms with Crippen LogP contribution in [0, 0.1) is 0 Å². The lowest BCUT2D eigenvalue weighted by Gasteiger charge is -2.23. The summed E-state index contributed by atoms with van der Waals surface area (Å²) in [5.41, 5.74) is 5.42. The summed E-state index contributed by atoms with van der Waals surface area (Å²) in [5, 5.41) is 5.67. The maximum Gasteiger partial charge on any atom is 0.318 e. The van der Waals surface area contributed by atoms with Crippen LogP contribution in [0.25, 0.3) is 0 Å². The number of primary amides is 1. The standard InChI is InChI=1S/C15H18Cl2N4O3/c16-9-6-10(17)8-11(7-9)19-14(23)12-2-1-4-21(12)5-3-13(22)20-15(18)24/h6-8,12H,1-5H2,(H,19,23)(H3,18,20,22,24). The Kier molecular flexibility index (Phi) is 6.42. The molecule has 0 saturated carbocycles. The first-order chi connectivity index (χ1) is 11.3. The van der Waals surface area contributed by atoms with Gasteiger partial charge in [0.15, 0.2) is 0 Å². The van der Waals surface area contributed by atoms with Crippen molar-refractivity contribution in [1.29, 1.82) is 0 Å². The second kappa shape index (κ2) is 8.32. The SMILES string of the molecule is NC(=O)NC(=O)CCN1CCCC1C(=O)Nc1cc(Cl)cc(Cl)c1. The number of nitrogens with zero attached hydrogens (tertiary/aromatic N) is 1. The molecule has 1 aliphatic rings. The smallest absolute Gasteiger partial charge is 0.318 e. The number of amides is 4. The number of hydrogen-bond acceptors (Lipinski definition) is 4. The number of rotatable bonds is 5. The molecule has 4 N–H and O–H groups in total. The zero-order valence-electron chi connectivity index (χ0n) is 12.9. The molecule has 1 heterocycles. The fourth-order valence-corrected chi connectivity index (χ4v) is 3.21. The molecule has 1 unspecified atom stereocenters. The minimum absolute atomic E-state index is 0.0930. The predicted molar refractivity (Wildman–Crippen MR) is 92.0 cm³/mol. The number of anilines is 1. The molecule has 24 heavy (non-hydrogen) atoms. The molecule has 9 heteroatoms. The van der Waals surface area contributed by atoms with E-state index in [2.05, 4.69) is 5.32 Å². The number of urea groups is 1. The van der Waals surface area contributed by atoms with Crippen molar-refractivity contribution in [1.82, 2.24) is 10.2 Å². The van der Waals surface area contributed by atoms with Gasteiger partial charge in [-0.05, 0) is 37.6 Å². The van der Waals surface area contributed by atoms with Gasteiger partial charge in [0.25, 0.3) is 0 Å². The number of nitrogens with one attached hydrogen (secondary N) is 2. The third-order valence-corrected chi connectivity index (χ3v) is 4.12. The van der Waals surface area contributed by atoms with E-state index in [4.69, 9.17) is 28.9 Å². The number of carbonyl (C=O) groups excluding carboxylic acids is 3. The number of likely N-dealkylation sites (tertiary alicyclic amines) is 1. The van der Waals surface area contributed by atoms with E-state index in [0.717, 1.165) is 6.42 Å². The van der Waals surface area contributed by atoms with Gasteiger partial charge in [-0.25, -0.2) is 4.79 Å². The van der Waals surface area contributed by atoms with Gasteiger partial charge in [-0.2, -0.15) is 0 Å². The van der Waals surface area contributed by atoms with E-state index in [1.165, 1.54) is 0 Å². The van der Waals surface area contributed by atoms with Gasteiger partial charge >= 0.3 is 6.03 Å². The molecule has 2 rings (SSSR count). The highest BCUT2D eigenvalue weighted by Gasteiger charge is 2.30. The Hall–Kier alpha value is -1.83. The van der Waals surface area contributed by atoms with E-state index in [0.29, 0.717) is 35.2 Å². The van der Waals surface area contributed by atoms with Crippen molar-refractivity contribution in [2.75, 3.05) is 18.4 Å². The molecule has 1 aromatic rings. The van der Waals surface area contributed by atoms with Crippen molar-refractivity contribution >= 4 is 46.7 Å². The Balaban J connectivity index is 1.92. The van der Waals surface area contributed by atoms with Crippen molar-refractivity contribution in [3.05, 3.63) is 28.2 Å². The highest BCUT2D eigenvalue weighted by molar-refractivity contribution is 6.35. The Bertz CT molecular complexity index is 633. The maximum absolute atomic E-state index is 12.5. The molecule has 7 nitrogen and oxygen atoms in total. The van der Waals surface area contributed by atoms with Crippen LogP contribution in [0.5, 0.6) is 0 Å². The zero-order chi connectivity index (χ0) is 17.7. The van der Waals surface area contributed by atoms with E-state index in [1.54, 1.807) is 18.2 Å². The molecule has 0 aliphatic carbocycles. The first-order valence-corrected chi connectivity index (χ1v) is 8.21. The number of halogens is 2. The molecule has 0 aromatic heterocycles. The molecular formula is C15H18Cl2N4O3. The van der Waals surface area contributed by atoms with Crippen LogP contribution in [0.3, 0.4) is 0 Å². The summed E-state index contributed by atoms with van der Waals surface area (Å²) in [4.78, 5) is 36.5. The Morgan fingerprint density at radius 2 is 1.88 bits per heavy atom. The van der Waals surface area contributed by atoms with Gasteiger partial charge < -0.3 is 11.1 Å². The molecular weight excluding hydrogens is 355 g/mol.